The van der Waals surface area contributed by atoms with Gasteiger partial charge in [0.25, 0.3) is 0 Å². The monoisotopic (exact) mass is 213 g/mol. The van der Waals surface area contributed by atoms with Gasteiger partial charge in [-0.2, -0.15) is 0 Å². The van der Waals surface area contributed by atoms with Crippen molar-refractivity contribution in [3.8, 4) is 0 Å². The maximum absolute atomic E-state index is 11.8. The molecule has 0 aromatic heterocycles. The van der Waals surface area contributed by atoms with E-state index < -0.39 is 0 Å². The van der Waals surface area contributed by atoms with E-state index in [-0.39, 0.29) is 17.5 Å². The Kier molecular flexibility index (Phi) is 3.73. The molecule has 0 spiro atoms. The van der Waals surface area contributed by atoms with Crippen molar-refractivity contribution in [1.82, 2.24) is 10.2 Å². The molecule has 1 aliphatic rings. The Morgan fingerprint density at radius 3 is 2.53 bits per heavy atom. The molecule has 15 heavy (non-hydrogen) atoms. The fourth-order valence-corrected chi connectivity index (χ4v) is 1.39. The highest BCUT2D eigenvalue weighted by Gasteiger charge is 2.32. The minimum Gasteiger partial charge on any atom is -0.352 e. The van der Waals surface area contributed by atoms with Crippen LogP contribution < -0.4 is 11.1 Å². The standard InChI is InChI=1S/C11H23N3O/c1-8(10(15)13-9-5-6-9)14(4)11(2,3)7-12/h8-9H,5-7,12H2,1-4H3,(H,13,15). The number of nitrogens with zero attached hydrogens (tertiary/aromatic N) is 1. The predicted molar refractivity (Wildman–Crippen MR) is 61.5 cm³/mol. The second-order valence-electron chi connectivity index (χ2n) is 5.09. The van der Waals surface area contributed by atoms with E-state index in [1.165, 1.54) is 0 Å². The third-order valence-electron chi connectivity index (χ3n) is 3.34. The van der Waals surface area contributed by atoms with Gasteiger partial charge in [0.2, 0.25) is 5.91 Å². The molecule has 1 saturated carbocycles. The van der Waals surface area contributed by atoms with Crippen LogP contribution in [0.2, 0.25) is 0 Å². The molecule has 0 saturated heterocycles. The molecule has 0 bridgehead atoms. The van der Waals surface area contributed by atoms with Gasteiger partial charge in [0.05, 0.1) is 6.04 Å². The van der Waals surface area contributed by atoms with Crippen molar-refractivity contribution in [3.05, 3.63) is 0 Å². The van der Waals surface area contributed by atoms with E-state index in [1.807, 2.05) is 32.7 Å². The van der Waals surface area contributed by atoms with E-state index in [0.717, 1.165) is 12.8 Å². The highest BCUT2D eigenvalue weighted by molar-refractivity contribution is 5.81. The lowest BCUT2D eigenvalue weighted by molar-refractivity contribution is -0.127. The van der Waals surface area contributed by atoms with E-state index in [4.69, 9.17) is 5.73 Å². The Labute approximate surface area is 92.2 Å². The molecule has 4 heteroatoms. The van der Waals surface area contributed by atoms with Crippen molar-refractivity contribution in [2.75, 3.05) is 13.6 Å². The number of nitrogens with two attached hydrogens (primary N) is 1. The third kappa shape index (κ3) is 3.18. The molecule has 1 amide bonds. The second-order valence-corrected chi connectivity index (χ2v) is 5.09. The average Bonchev–Trinajstić information content (AvgIpc) is 2.99. The fraction of sp³-hybridized carbons (Fsp3) is 0.909. The summed E-state index contributed by atoms with van der Waals surface area (Å²) in [5.41, 5.74) is 5.55. The van der Waals surface area contributed by atoms with E-state index in [9.17, 15) is 4.79 Å². The van der Waals surface area contributed by atoms with Gasteiger partial charge in [0, 0.05) is 18.1 Å². The van der Waals surface area contributed by atoms with Crippen LogP contribution in [0.4, 0.5) is 0 Å². The number of rotatable bonds is 5. The van der Waals surface area contributed by atoms with E-state index >= 15 is 0 Å². The lowest BCUT2D eigenvalue weighted by atomic mass is 10.0. The summed E-state index contributed by atoms with van der Waals surface area (Å²) in [5, 5.41) is 3.01. The van der Waals surface area contributed by atoms with Crippen molar-refractivity contribution in [2.24, 2.45) is 5.73 Å². The van der Waals surface area contributed by atoms with Gasteiger partial charge < -0.3 is 11.1 Å². The van der Waals surface area contributed by atoms with Gasteiger partial charge in [-0.05, 0) is 40.7 Å². The van der Waals surface area contributed by atoms with E-state index in [2.05, 4.69) is 5.32 Å². The van der Waals surface area contributed by atoms with Crippen LogP contribution in [0.1, 0.15) is 33.6 Å². The largest absolute Gasteiger partial charge is 0.352 e. The van der Waals surface area contributed by atoms with Gasteiger partial charge >= 0.3 is 0 Å². The van der Waals surface area contributed by atoms with Crippen LogP contribution >= 0.6 is 0 Å². The van der Waals surface area contributed by atoms with Crippen molar-refractivity contribution in [2.45, 2.75) is 51.2 Å². The quantitative estimate of drug-likeness (QED) is 0.691. The lowest BCUT2D eigenvalue weighted by Crippen LogP contribution is -2.55. The zero-order chi connectivity index (χ0) is 11.6. The molecule has 3 N–H and O–H groups in total. The van der Waals surface area contributed by atoms with Crippen molar-refractivity contribution < 1.29 is 4.79 Å². The van der Waals surface area contributed by atoms with Gasteiger partial charge in [-0.1, -0.05) is 0 Å². The molecule has 88 valence electrons. The number of carbonyl (C=O) groups excluding carboxylic acids is 1. The number of hydrogen-bond donors (Lipinski definition) is 2. The number of amides is 1. The van der Waals surface area contributed by atoms with Crippen LogP contribution in [0, 0.1) is 0 Å². The van der Waals surface area contributed by atoms with Crippen LogP contribution in [-0.2, 0) is 4.79 Å². The van der Waals surface area contributed by atoms with Crippen LogP contribution in [0.15, 0.2) is 0 Å². The molecule has 0 radical (unpaired) electrons. The van der Waals surface area contributed by atoms with Crippen molar-refractivity contribution in [3.63, 3.8) is 0 Å². The molecule has 1 aliphatic carbocycles. The Morgan fingerprint density at radius 2 is 2.13 bits per heavy atom. The Balaban J connectivity index is 2.49. The Morgan fingerprint density at radius 1 is 1.60 bits per heavy atom. The number of likely N-dealkylation sites (N-methyl/N-ethyl adjacent to an activating group) is 1. The molecule has 0 aliphatic heterocycles. The maximum Gasteiger partial charge on any atom is 0.237 e. The first kappa shape index (κ1) is 12.5. The number of hydrogen-bond acceptors (Lipinski definition) is 3. The fourth-order valence-electron chi connectivity index (χ4n) is 1.39. The zero-order valence-corrected chi connectivity index (χ0v) is 10.2. The van der Waals surface area contributed by atoms with Gasteiger partial charge in [0.15, 0.2) is 0 Å². The zero-order valence-electron chi connectivity index (χ0n) is 10.2. The first-order chi connectivity index (χ1) is 6.88. The molecule has 1 unspecified atom stereocenters. The van der Waals surface area contributed by atoms with Gasteiger partial charge in [-0.15, -0.1) is 0 Å². The normalized spacial score (nSPS) is 19.1. The van der Waals surface area contributed by atoms with Gasteiger partial charge in [0.1, 0.15) is 0 Å². The summed E-state index contributed by atoms with van der Waals surface area (Å²) in [6.45, 7) is 6.57. The molecule has 1 rings (SSSR count). The summed E-state index contributed by atoms with van der Waals surface area (Å²) >= 11 is 0. The minimum absolute atomic E-state index is 0.113. The van der Waals surface area contributed by atoms with E-state index in [0.29, 0.717) is 12.6 Å². The van der Waals surface area contributed by atoms with Crippen LogP contribution in [0.3, 0.4) is 0 Å². The molecule has 0 heterocycles. The van der Waals surface area contributed by atoms with Crippen LogP contribution in [-0.4, -0.2) is 42.0 Å². The maximum atomic E-state index is 11.8. The number of nitrogens with one attached hydrogen (secondary N) is 1. The highest BCUT2D eigenvalue weighted by Crippen LogP contribution is 2.20. The Hall–Kier alpha value is -0.610. The van der Waals surface area contributed by atoms with Crippen LogP contribution in [0.25, 0.3) is 0 Å². The SMILES string of the molecule is CC(C(=O)NC1CC1)N(C)C(C)(C)CN. The minimum atomic E-state index is -0.139. The number of carbonyl (C=O) groups is 1. The average molecular weight is 213 g/mol. The van der Waals surface area contributed by atoms with Crippen molar-refractivity contribution in [1.29, 1.82) is 0 Å². The first-order valence-corrected chi connectivity index (χ1v) is 5.62. The summed E-state index contributed by atoms with van der Waals surface area (Å²) in [6.07, 6.45) is 2.25. The molecule has 0 aromatic rings. The summed E-state index contributed by atoms with van der Waals surface area (Å²) < 4.78 is 0. The van der Waals surface area contributed by atoms with E-state index in [1.54, 1.807) is 0 Å². The first-order valence-electron chi connectivity index (χ1n) is 5.62. The molecular weight excluding hydrogens is 190 g/mol. The summed E-state index contributed by atoms with van der Waals surface area (Å²) in [7, 11) is 1.95. The predicted octanol–water partition coefficient (Wildman–Crippen LogP) is 0.323. The molecule has 1 atom stereocenters. The summed E-state index contributed by atoms with van der Waals surface area (Å²) in [4.78, 5) is 13.8. The topological polar surface area (TPSA) is 58.4 Å². The molecule has 1 fully saturated rings. The summed E-state index contributed by atoms with van der Waals surface area (Å²) in [6, 6.07) is 0.304. The molecular formula is C11H23N3O. The summed E-state index contributed by atoms with van der Waals surface area (Å²) in [5.74, 6) is 0.113. The van der Waals surface area contributed by atoms with Crippen LogP contribution in [0.5, 0.6) is 0 Å². The van der Waals surface area contributed by atoms with Gasteiger partial charge in [-0.3, -0.25) is 9.69 Å². The Bertz CT molecular complexity index is 236. The lowest BCUT2D eigenvalue weighted by Gasteiger charge is -2.38. The van der Waals surface area contributed by atoms with Gasteiger partial charge in [-0.25, -0.2) is 0 Å². The smallest absolute Gasteiger partial charge is 0.237 e. The third-order valence-corrected chi connectivity index (χ3v) is 3.34. The van der Waals surface area contributed by atoms with Crippen molar-refractivity contribution >= 4 is 5.91 Å². The highest BCUT2D eigenvalue weighted by atomic mass is 16.2. The second kappa shape index (κ2) is 4.49. The molecule has 4 nitrogen and oxygen atoms in total. The molecule has 0 aromatic carbocycles.